The highest BCUT2D eigenvalue weighted by Crippen LogP contribution is 2.33. The third-order valence-corrected chi connectivity index (χ3v) is 2.47. The Balaban J connectivity index is 2.00. The lowest BCUT2D eigenvalue weighted by Gasteiger charge is -2.08. The summed E-state index contributed by atoms with van der Waals surface area (Å²) in [5.74, 6) is 0.239. The smallest absolute Gasteiger partial charge is 0.391 e. The van der Waals surface area contributed by atoms with E-state index in [1.54, 1.807) is 0 Å². The van der Waals surface area contributed by atoms with E-state index < -0.39 is 18.0 Å². The molecule has 1 aromatic rings. The number of aliphatic hydroxyl groups is 1. The van der Waals surface area contributed by atoms with Crippen molar-refractivity contribution in [2.75, 3.05) is 0 Å². The zero-order valence-electron chi connectivity index (χ0n) is 7.91. The Morgan fingerprint density at radius 2 is 2.20 bits per heavy atom. The second-order valence-corrected chi connectivity index (χ2v) is 3.83. The van der Waals surface area contributed by atoms with Crippen LogP contribution in [0.25, 0.3) is 0 Å². The van der Waals surface area contributed by atoms with Crippen molar-refractivity contribution >= 4 is 0 Å². The fourth-order valence-corrected chi connectivity index (χ4v) is 1.44. The molecule has 1 aliphatic rings. The number of hydrogen-bond donors (Lipinski definition) is 1. The summed E-state index contributed by atoms with van der Waals surface area (Å²) in [4.78, 5) is 0. The largest absolute Gasteiger partial charge is 0.435 e. The van der Waals surface area contributed by atoms with Crippen molar-refractivity contribution in [3.05, 3.63) is 18.0 Å². The summed E-state index contributed by atoms with van der Waals surface area (Å²) >= 11 is 0. The topological polar surface area (TPSA) is 38.0 Å². The van der Waals surface area contributed by atoms with E-state index in [1.807, 2.05) is 0 Å². The molecule has 0 spiro atoms. The van der Waals surface area contributed by atoms with Gasteiger partial charge in [-0.3, -0.25) is 4.68 Å². The van der Waals surface area contributed by atoms with Gasteiger partial charge >= 0.3 is 6.18 Å². The van der Waals surface area contributed by atoms with Gasteiger partial charge in [0, 0.05) is 6.20 Å². The van der Waals surface area contributed by atoms with Gasteiger partial charge in [0.2, 0.25) is 0 Å². The van der Waals surface area contributed by atoms with Crippen LogP contribution < -0.4 is 0 Å². The molecule has 1 saturated carbocycles. The molecule has 3 nitrogen and oxygen atoms in total. The Hall–Kier alpha value is -1.04. The van der Waals surface area contributed by atoms with E-state index in [2.05, 4.69) is 5.10 Å². The van der Waals surface area contributed by atoms with E-state index in [0.717, 1.165) is 23.6 Å². The van der Waals surface area contributed by atoms with Crippen molar-refractivity contribution in [2.24, 2.45) is 5.92 Å². The number of rotatable bonds is 3. The third-order valence-electron chi connectivity index (χ3n) is 2.47. The molecule has 15 heavy (non-hydrogen) atoms. The predicted octanol–water partition coefficient (Wildman–Crippen LogP) is 1.67. The van der Waals surface area contributed by atoms with Gasteiger partial charge in [0.1, 0.15) is 0 Å². The fourth-order valence-electron chi connectivity index (χ4n) is 1.44. The third kappa shape index (κ3) is 2.50. The molecule has 1 heterocycles. The number of hydrogen-bond acceptors (Lipinski definition) is 2. The fraction of sp³-hybridized carbons (Fsp3) is 0.667. The van der Waals surface area contributed by atoms with E-state index in [4.69, 9.17) is 0 Å². The van der Waals surface area contributed by atoms with Gasteiger partial charge in [-0.1, -0.05) is 0 Å². The number of nitrogens with zero attached hydrogens (tertiary/aromatic N) is 2. The summed E-state index contributed by atoms with van der Waals surface area (Å²) in [6, 6.07) is 0.916. The first-order chi connectivity index (χ1) is 6.97. The van der Waals surface area contributed by atoms with Crippen LogP contribution in [0.4, 0.5) is 13.2 Å². The first-order valence-corrected chi connectivity index (χ1v) is 4.75. The van der Waals surface area contributed by atoms with Gasteiger partial charge in [-0.25, -0.2) is 0 Å². The second kappa shape index (κ2) is 3.52. The quantitative estimate of drug-likeness (QED) is 0.841. The Bertz CT molecular complexity index is 343. The summed E-state index contributed by atoms with van der Waals surface area (Å²) in [6.07, 6.45) is -1.83. The number of aromatic nitrogens is 2. The molecule has 0 radical (unpaired) electrons. The molecule has 0 saturated heterocycles. The van der Waals surface area contributed by atoms with Crippen molar-refractivity contribution in [3.8, 4) is 0 Å². The summed E-state index contributed by atoms with van der Waals surface area (Å²) in [6.45, 7) is 0.140. The van der Waals surface area contributed by atoms with Gasteiger partial charge in [-0.15, -0.1) is 0 Å². The van der Waals surface area contributed by atoms with E-state index >= 15 is 0 Å². The summed E-state index contributed by atoms with van der Waals surface area (Å²) < 4.78 is 37.7. The summed E-state index contributed by atoms with van der Waals surface area (Å²) in [7, 11) is 0. The van der Waals surface area contributed by atoms with Crippen LogP contribution in [0.2, 0.25) is 0 Å². The molecule has 1 aliphatic carbocycles. The van der Waals surface area contributed by atoms with Crippen LogP contribution in [0.3, 0.4) is 0 Å². The Morgan fingerprint density at radius 1 is 1.53 bits per heavy atom. The second-order valence-electron chi connectivity index (χ2n) is 3.83. The molecular weight excluding hydrogens is 209 g/mol. The van der Waals surface area contributed by atoms with Crippen LogP contribution in [0.15, 0.2) is 12.3 Å². The van der Waals surface area contributed by atoms with E-state index in [9.17, 15) is 18.3 Å². The van der Waals surface area contributed by atoms with Gasteiger partial charge in [0.15, 0.2) is 5.69 Å². The maximum atomic E-state index is 12.2. The van der Waals surface area contributed by atoms with Gasteiger partial charge in [0.05, 0.1) is 12.6 Å². The number of alkyl halides is 3. The Labute approximate surface area is 84.5 Å². The molecule has 84 valence electrons. The molecule has 1 fully saturated rings. The van der Waals surface area contributed by atoms with Crippen molar-refractivity contribution in [3.63, 3.8) is 0 Å². The molecule has 0 aromatic carbocycles. The van der Waals surface area contributed by atoms with E-state index in [0.29, 0.717) is 0 Å². The molecular formula is C9H11F3N2O. The zero-order chi connectivity index (χ0) is 11.1. The highest BCUT2D eigenvalue weighted by Gasteiger charge is 2.34. The maximum absolute atomic E-state index is 12.2. The minimum absolute atomic E-state index is 0.140. The number of aliphatic hydroxyl groups excluding tert-OH is 1. The van der Waals surface area contributed by atoms with Crippen LogP contribution in [-0.4, -0.2) is 21.0 Å². The van der Waals surface area contributed by atoms with Gasteiger partial charge in [0.25, 0.3) is 0 Å². The molecule has 0 aliphatic heterocycles. The van der Waals surface area contributed by atoms with E-state index in [-0.39, 0.29) is 12.5 Å². The van der Waals surface area contributed by atoms with Crippen molar-refractivity contribution in [1.29, 1.82) is 0 Å². The van der Waals surface area contributed by atoms with Crippen LogP contribution in [0, 0.1) is 5.92 Å². The highest BCUT2D eigenvalue weighted by molar-refractivity contribution is 5.03. The van der Waals surface area contributed by atoms with Gasteiger partial charge < -0.3 is 5.11 Å². The van der Waals surface area contributed by atoms with Crippen molar-refractivity contribution in [1.82, 2.24) is 9.78 Å². The standard InChI is InChI=1S/C9H11F3N2O/c10-9(11,12)8-3-4-14(13-8)5-7(15)6-1-2-6/h3-4,6-7,15H,1-2,5H2. The maximum Gasteiger partial charge on any atom is 0.435 e. The summed E-state index contributed by atoms with van der Waals surface area (Å²) in [5, 5.41) is 12.9. The van der Waals surface area contributed by atoms with E-state index in [1.165, 1.54) is 6.20 Å². The molecule has 0 amide bonds. The Morgan fingerprint density at radius 3 is 2.67 bits per heavy atom. The molecule has 1 N–H and O–H groups in total. The predicted molar refractivity (Wildman–Crippen MR) is 46.0 cm³/mol. The normalized spacial score (nSPS) is 19.2. The van der Waals surface area contributed by atoms with Crippen molar-refractivity contribution < 1.29 is 18.3 Å². The monoisotopic (exact) mass is 220 g/mol. The van der Waals surface area contributed by atoms with Crippen LogP contribution in [0.1, 0.15) is 18.5 Å². The van der Waals surface area contributed by atoms with Crippen LogP contribution in [0.5, 0.6) is 0 Å². The highest BCUT2D eigenvalue weighted by atomic mass is 19.4. The zero-order valence-corrected chi connectivity index (χ0v) is 7.91. The lowest BCUT2D eigenvalue weighted by atomic mass is 10.2. The lowest BCUT2D eigenvalue weighted by molar-refractivity contribution is -0.141. The molecule has 1 unspecified atom stereocenters. The van der Waals surface area contributed by atoms with Gasteiger partial charge in [-0.2, -0.15) is 18.3 Å². The lowest BCUT2D eigenvalue weighted by Crippen LogP contribution is -2.19. The molecule has 6 heteroatoms. The minimum atomic E-state index is -4.41. The SMILES string of the molecule is OC(Cn1ccc(C(F)(F)F)n1)C1CC1. The van der Waals surface area contributed by atoms with Crippen LogP contribution >= 0.6 is 0 Å². The molecule has 1 aromatic heterocycles. The average Bonchev–Trinajstić information content (AvgIpc) is 2.86. The average molecular weight is 220 g/mol. The van der Waals surface area contributed by atoms with Crippen LogP contribution in [-0.2, 0) is 12.7 Å². The molecule has 0 bridgehead atoms. The molecule has 2 rings (SSSR count). The van der Waals surface area contributed by atoms with Crippen molar-refractivity contribution in [2.45, 2.75) is 31.7 Å². The summed E-state index contributed by atoms with van der Waals surface area (Å²) in [5.41, 5.74) is -0.912. The first kappa shape index (κ1) is 10.5. The number of halogens is 3. The van der Waals surface area contributed by atoms with Gasteiger partial charge in [-0.05, 0) is 24.8 Å². The molecule has 1 atom stereocenters. The minimum Gasteiger partial charge on any atom is -0.391 e. The Kier molecular flexibility index (Phi) is 2.46. The first-order valence-electron chi connectivity index (χ1n) is 4.75.